The van der Waals surface area contributed by atoms with Crippen LogP contribution in [-0.4, -0.2) is 37.5 Å². The van der Waals surface area contributed by atoms with Crippen LogP contribution in [0.25, 0.3) is 10.9 Å². The first-order chi connectivity index (χ1) is 14.3. The Balaban J connectivity index is 1.60. The maximum absolute atomic E-state index is 12.9. The number of aromatic nitrogens is 3. The number of Topliss-reactive ketones (excluding diaryl/α,β-unsaturated/α-hetero) is 1. The Kier molecular flexibility index (Phi) is 5.21. The molecule has 3 heterocycles. The van der Waals surface area contributed by atoms with Crippen LogP contribution in [0, 0.1) is 24.0 Å². The molecule has 9 nitrogen and oxygen atoms in total. The smallest absolute Gasteiger partial charge is 0.271 e. The fraction of sp³-hybridized carbons (Fsp3) is 0.381. The van der Waals surface area contributed by atoms with Gasteiger partial charge < -0.3 is 9.30 Å². The molecule has 0 spiro atoms. The molecule has 0 N–H and O–H groups in total. The summed E-state index contributed by atoms with van der Waals surface area (Å²) in [6.07, 6.45) is 3.49. The van der Waals surface area contributed by atoms with E-state index >= 15 is 0 Å². The lowest BCUT2D eigenvalue weighted by atomic mass is 10.1. The lowest BCUT2D eigenvalue weighted by Crippen LogP contribution is -2.25. The van der Waals surface area contributed by atoms with Crippen LogP contribution < -0.4 is 5.56 Å². The number of fused-ring (bicyclic) bond motifs is 1. The van der Waals surface area contributed by atoms with Gasteiger partial charge in [-0.05, 0) is 38.8 Å². The van der Waals surface area contributed by atoms with Gasteiger partial charge in [0.05, 0.1) is 34.8 Å². The van der Waals surface area contributed by atoms with E-state index in [0.29, 0.717) is 12.1 Å². The van der Waals surface area contributed by atoms with Crippen LogP contribution in [0.5, 0.6) is 0 Å². The number of aryl methyl sites for hydroxylation is 1. The molecule has 30 heavy (non-hydrogen) atoms. The van der Waals surface area contributed by atoms with Crippen molar-refractivity contribution in [2.24, 2.45) is 0 Å². The van der Waals surface area contributed by atoms with Gasteiger partial charge in [-0.15, -0.1) is 0 Å². The zero-order chi connectivity index (χ0) is 21.4. The first kappa shape index (κ1) is 20.0. The normalized spacial score (nSPS) is 16.3. The first-order valence-corrected chi connectivity index (χ1v) is 9.80. The van der Waals surface area contributed by atoms with Crippen LogP contribution >= 0.6 is 0 Å². The lowest BCUT2D eigenvalue weighted by molar-refractivity contribution is -0.384. The van der Waals surface area contributed by atoms with Crippen LogP contribution in [0.2, 0.25) is 0 Å². The van der Waals surface area contributed by atoms with E-state index in [0.717, 1.165) is 30.8 Å². The fourth-order valence-corrected chi connectivity index (χ4v) is 3.97. The molecule has 0 aliphatic carbocycles. The Morgan fingerprint density at radius 2 is 2.13 bits per heavy atom. The molecule has 9 heteroatoms. The predicted octanol–water partition coefficient (Wildman–Crippen LogP) is 2.78. The number of nitrogens with zero attached hydrogens (tertiary/aromatic N) is 4. The third-order valence-electron chi connectivity index (χ3n) is 5.62. The molecule has 4 rings (SSSR count). The van der Waals surface area contributed by atoms with Crippen molar-refractivity contribution in [3.05, 3.63) is 68.0 Å². The van der Waals surface area contributed by atoms with Crippen LogP contribution in [0.1, 0.15) is 34.6 Å². The SMILES string of the molecule is Cc1cc(C(=O)Cn2cnc3cc([N+](=O)[O-])ccc3c2=O)c(C)n1CC1CCCO1. The average molecular weight is 410 g/mol. The summed E-state index contributed by atoms with van der Waals surface area (Å²) in [7, 11) is 0. The van der Waals surface area contributed by atoms with Crippen molar-refractivity contribution in [2.75, 3.05) is 6.61 Å². The molecule has 1 aromatic carbocycles. The van der Waals surface area contributed by atoms with Gasteiger partial charge >= 0.3 is 0 Å². The van der Waals surface area contributed by atoms with Crippen LogP contribution in [0.4, 0.5) is 5.69 Å². The van der Waals surface area contributed by atoms with Crippen molar-refractivity contribution in [1.82, 2.24) is 14.1 Å². The molecule has 1 aliphatic heterocycles. The third kappa shape index (κ3) is 3.63. The predicted molar refractivity (Wildman–Crippen MR) is 110 cm³/mol. The standard InChI is InChI=1S/C21H22N4O5/c1-13-8-18(14(2)24(13)10-16-4-3-7-30-16)20(26)11-23-12-22-19-9-15(25(28)29)5-6-17(19)21(23)27/h5-6,8-9,12,16H,3-4,7,10-11H2,1-2H3. The highest BCUT2D eigenvalue weighted by molar-refractivity contribution is 5.97. The molecule has 156 valence electrons. The Labute approximate surface area is 172 Å². The van der Waals surface area contributed by atoms with Crippen molar-refractivity contribution in [3.63, 3.8) is 0 Å². The van der Waals surface area contributed by atoms with E-state index in [1.54, 1.807) is 0 Å². The zero-order valence-corrected chi connectivity index (χ0v) is 16.8. The molecule has 0 radical (unpaired) electrons. The van der Waals surface area contributed by atoms with E-state index in [4.69, 9.17) is 4.74 Å². The zero-order valence-electron chi connectivity index (χ0n) is 16.8. The second-order valence-corrected chi connectivity index (χ2v) is 7.59. The van der Waals surface area contributed by atoms with Gasteiger partial charge in [-0.1, -0.05) is 0 Å². The van der Waals surface area contributed by atoms with E-state index in [9.17, 15) is 19.7 Å². The number of carbonyl (C=O) groups excluding carboxylic acids is 1. The molecular weight excluding hydrogens is 388 g/mol. The number of carbonyl (C=O) groups is 1. The van der Waals surface area contributed by atoms with Gasteiger partial charge in [-0.3, -0.25) is 24.3 Å². The summed E-state index contributed by atoms with van der Waals surface area (Å²) >= 11 is 0. The third-order valence-corrected chi connectivity index (χ3v) is 5.62. The summed E-state index contributed by atoms with van der Waals surface area (Å²) in [6.45, 7) is 5.19. The van der Waals surface area contributed by atoms with Crippen molar-refractivity contribution >= 4 is 22.4 Å². The van der Waals surface area contributed by atoms with Gasteiger partial charge in [-0.2, -0.15) is 0 Å². The van der Waals surface area contributed by atoms with E-state index in [2.05, 4.69) is 9.55 Å². The number of hydrogen-bond donors (Lipinski definition) is 0. The van der Waals surface area contributed by atoms with Crippen molar-refractivity contribution in [1.29, 1.82) is 0 Å². The molecule has 0 amide bonds. The van der Waals surface area contributed by atoms with E-state index in [1.165, 1.54) is 29.1 Å². The number of benzene rings is 1. The molecule has 1 unspecified atom stereocenters. The van der Waals surface area contributed by atoms with Gasteiger partial charge in [-0.25, -0.2) is 4.98 Å². The average Bonchev–Trinajstić information content (AvgIpc) is 3.33. The highest BCUT2D eigenvalue weighted by atomic mass is 16.6. The topological polar surface area (TPSA) is 109 Å². The first-order valence-electron chi connectivity index (χ1n) is 9.80. The summed E-state index contributed by atoms with van der Waals surface area (Å²) in [5.41, 5.74) is 2.08. The van der Waals surface area contributed by atoms with Crippen LogP contribution in [-0.2, 0) is 17.8 Å². The molecule has 0 saturated carbocycles. The number of hydrogen-bond acceptors (Lipinski definition) is 6. The fourth-order valence-electron chi connectivity index (χ4n) is 3.97. The second-order valence-electron chi connectivity index (χ2n) is 7.59. The maximum Gasteiger partial charge on any atom is 0.271 e. The highest BCUT2D eigenvalue weighted by Gasteiger charge is 2.21. The molecule has 1 saturated heterocycles. The molecule has 1 fully saturated rings. The van der Waals surface area contributed by atoms with E-state index in [-0.39, 0.29) is 35.0 Å². The van der Waals surface area contributed by atoms with Gasteiger partial charge in [0.2, 0.25) is 0 Å². The molecule has 1 atom stereocenters. The second kappa shape index (κ2) is 7.83. The Hall–Kier alpha value is -3.33. The Morgan fingerprint density at radius 1 is 1.33 bits per heavy atom. The van der Waals surface area contributed by atoms with Gasteiger partial charge in [0.25, 0.3) is 11.2 Å². The van der Waals surface area contributed by atoms with Gasteiger partial charge in [0, 0.05) is 42.2 Å². The lowest BCUT2D eigenvalue weighted by Gasteiger charge is -2.15. The summed E-state index contributed by atoms with van der Waals surface area (Å²) in [5.74, 6) is -0.188. The summed E-state index contributed by atoms with van der Waals surface area (Å²) in [4.78, 5) is 40.2. The van der Waals surface area contributed by atoms with E-state index < -0.39 is 10.5 Å². The molecule has 2 aromatic heterocycles. The monoisotopic (exact) mass is 410 g/mol. The summed E-state index contributed by atoms with van der Waals surface area (Å²) in [6, 6.07) is 5.73. The number of ketones is 1. The number of ether oxygens (including phenoxy) is 1. The van der Waals surface area contributed by atoms with Crippen molar-refractivity contribution < 1.29 is 14.5 Å². The molecule has 0 bridgehead atoms. The minimum atomic E-state index is -0.539. The molecule has 1 aliphatic rings. The quantitative estimate of drug-likeness (QED) is 0.351. The number of nitro benzene ring substituents is 1. The van der Waals surface area contributed by atoms with Crippen LogP contribution in [0.3, 0.4) is 0 Å². The number of rotatable bonds is 6. The number of nitro groups is 1. The number of non-ortho nitro benzene ring substituents is 1. The minimum absolute atomic E-state index is 0.137. The van der Waals surface area contributed by atoms with Gasteiger partial charge in [0.15, 0.2) is 5.78 Å². The largest absolute Gasteiger partial charge is 0.376 e. The highest BCUT2D eigenvalue weighted by Crippen LogP contribution is 2.21. The van der Waals surface area contributed by atoms with E-state index in [1.807, 2.05) is 19.9 Å². The Bertz CT molecular complexity index is 1200. The molecular formula is C21H22N4O5. The minimum Gasteiger partial charge on any atom is -0.376 e. The Morgan fingerprint density at radius 3 is 2.83 bits per heavy atom. The molecule has 3 aromatic rings. The summed E-state index contributed by atoms with van der Waals surface area (Å²) in [5, 5.41) is 11.1. The van der Waals surface area contributed by atoms with Crippen LogP contribution in [0.15, 0.2) is 35.4 Å². The van der Waals surface area contributed by atoms with Crippen molar-refractivity contribution in [3.8, 4) is 0 Å². The maximum atomic E-state index is 12.9. The van der Waals surface area contributed by atoms with Crippen molar-refractivity contribution in [2.45, 2.75) is 45.9 Å². The van der Waals surface area contributed by atoms with Gasteiger partial charge in [0.1, 0.15) is 0 Å². The summed E-state index contributed by atoms with van der Waals surface area (Å²) < 4.78 is 9.04.